The van der Waals surface area contributed by atoms with Crippen LogP contribution in [0.4, 0.5) is 0 Å². The molecule has 4 heteroatoms. The lowest BCUT2D eigenvalue weighted by Crippen LogP contribution is -2.36. The summed E-state index contributed by atoms with van der Waals surface area (Å²) in [6, 6.07) is 1.06. The minimum atomic E-state index is 0.526. The monoisotopic (exact) mass is 248 g/mol. The van der Waals surface area contributed by atoms with E-state index < -0.39 is 0 Å². The van der Waals surface area contributed by atoms with E-state index in [2.05, 4.69) is 83.5 Å². The second-order valence-corrected chi connectivity index (χ2v) is 5.36. The topological polar surface area (TPSA) is 17.6 Å². The number of aromatic nitrogens is 4. The molecule has 0 radical (unpaired) electrons. The van der Waals surface area contributed by atoms with Gasteiger partial charge in [0.05, 0.1) is 19.6 Å². The lowest BCUT2D eigenvalue weighted by atomic mass is 10.2. The summed E-state index contributed by atoms with van der Waals surface area (Å²) in [5, 5.41) is 0. The molecule has 0 N–H and O–H groups in total. The largest absolute Gasteiger partial charge is 0.244 e. The highest BCUT2D eigenvalue weighted by molar-refractivity contribution is 4.71. The summed E-state index contributed by atoms with van der Waals surface area (Å²) >= 11 is 0. The number of rotatable bonds is 5. The quantitative estimate of drug-likeness (QED) is 0.716. The maximum atomic E-state index is 2.30. The zero-order valence-electron chi connectivity index (χ0n) is 11.8. The van der Waals surface area contributed by atoms with Gasteiger partial charge >= 0.3 is 0 Å². The first-order valence-electron chi connectivity index (χ1n) is 6.65. The van der Waals surface area contributed by atoms with Gasteiger partial charge in [0.1, 0.15) is 30.8 Å². The fourth-order valence-electron chi connectivity index (χ4n) is 2.07. The molecule has 0 aliphatic rings. The first-order valence-corrected chi connectivity index (χ1v) is 6.65. The second kappa shape index (κ2) is 5.38. The highest BCUT2D eigenvalue weighted by Gasteiger charge is 2.14. The normalized spacial score (nSPS) is 13.2. The molecule has 2 aromatic heterocycles. The first kappa shape index (κ1) is 12.9. The van der Waals surface area contributed by atoms with Gasteiger partial charge in [-0.2, -0.15) is 0 Å². The Morgan fingerprint density at radius 3 is 2.39 bits per heavy atom. The van der Waals surface area contributed by atoms with Crippen LogP contribution in [0.1, 0.15) is 39.3 Å². The Morgan fingerprint density at radius 2 is 1.83 bits per heavy atom. The van der Waals surface area contributed by atoms with Gasteiger partial charge < -0.3 is 0 Å². The molecule has 4 nitrogen and oxygen atoms in total. The van der Waals surface area contributed by atoms with E-state index >= 15 is 0 Å². The predicted molar refractivity (Wildman–Crippen MR) is 69.9 cm³/mol. The average Bonchev–Trinajstić information content (AvgIpc) is 2.94. The van der Waals surface area contributed by atoms with E-state index in [1.807, 2.05) is 0 Å². The lowest BCUT2D eigenvalue weighted by Gasteiger charge is -2.06. The fourth-order valence-corrected chi connectivity index (χ4v) is 2.07. The van der Waals surface area contributed by atoms with E-state index in [9.17, 15) is 0 Å². The highest BCUT2D eigenvalue weighted by Crippen LogP contribution is 2.06. The number of hydrogen-bond donors (Lipinski definition) is 0. The van der Waals surface area contributed by atoms with Crippen molar-refractivity contribution in [2.24, 2.45) is 7.05 Å². The maximum absolute atomic E-state index is 2.30. The minimum absolute atomic E-state index is 0.526. The average molecular weight is 248 g/mol. The smallest absolute Gasteiger partial charge is 0.240 e. The van der Waals surface area contributed by atoms with Crippen LogP contribution in [0.5, 0.6) is 0 Å². The molecule has 0 saturated carbocycles. The molecule has 0 aliphatic heterocycles. The van der Waals surface area contributed by atoms with Crippen molar-refractivity contribution in [2.45, 2.75) is 45.8 Å². The van der Waals surface area contributed by atoms with E-state index in [4.69, 9.17) is 0 Å². The van der Waals surface area contributed by atoms with Crippen LogP contribution in [-0.4, -0.2) is 9.13 Å². The SMILES string of the molecule is CC(C)n1cc[n+](C(C)CCn2cc[n+](C)c2)c1. The number of hydrogen-bond acceptors (Lipinski definition) is 0. The molecule has 0 saturated heterocycles. The standard InChI is InChI=1S/C14H24N4/c1-13(2)17-9-10-18(12-17)14(3)5-6-16-8-7-15(4)11-16/h7-14H,5-6H2,1-4H3/q+2. The molecule has 0 bridgehead atoms. The van der Waals surface area contributed by atoms with Gasteiger partial charge in [-0.25, -0.2) is 18.3 Å². The van der Waals surface area contributed by atoms with Gasteiger partial charge in [-0.15, -0.1) is 0 Å². The van der Waals surface area contributed by atoms with Crippen molar-refractivity contribution >= 4 is 0 Å². The van der Waals surface area contributed by atoms with Crippen molar-refractivity contribution in [1.82, 2.24) is 9.13 Å². The van der Waals surface area contributed by atoms with Crippen molar-refractivity contribution in [2.75, 3.05) is 0 Å². The summed E-state index contributed by atoms with van der Waals surface area (Å²) in [7, 11) is 2.05. The van der Waals surface area contributed by atoms with Gasteiger partial charge in [0.25, 0.3) is 0 Å². The lowest BCUT2D eigenvalue weighted by molar-refractivity contribution is -0.720. The van der Waals surface area contributed by atoms with Gasteiger partial charge in [-0.1, -0.05) is 0 Å². The Kier molecular flexibility index (Phi) is 3.84. The van der Waals surface area contributed by atoms with E-state index in [0.717, 1.165) is 13.0 Å². The Labute approximate surface area is 109 Å². The molecule has 2 aromatic rings. The van der Waals surface area contributed by atoms with Crippen LogP contribution in [0.2, 0.25) is 0 Å². The Bertz CT molecular complexity index is 495. The van der Waals surface area contributed by atoms with Gasteiger partial charge in [0.15, 0.2) is 0 Å². The maximum Gasteiger partial charge on any atom is 0.244 e. The van der Waals surface area contributed by atoms with Crippen LogP contribution in [0.3, 0.4) is 0 Å². The molecule has 2 rings (SSSR count). The van der Waals surface area contributed by atoms with Crippen LogP contribution in [0.25, 0.3) is 0 Å². The van der Waals surface area contributed by atoms with E-state index in [0.29, 0.717) is 12.1 Å². The predicted octanol–water partition coefficient (Wildman–Crippen LogP) is 1.63. The summed E-state index contributed by atoms with van der Waals surface area (Å²) in [6.45, 7) is 7.74. The van der Waals surface area contributed by atoms with Crippen molar-refractivity contribution in [3.63, 3.8) is 0 Å². The van der Waals surface area contributed by atoms with Crippen LogP contribution in [0.15, 0.2) is 37.4 Å². The molecule has 0 spiro atoms. The third-order valence-corrected chi connectivity index (χ3v) is 3.41. The Balaban J connectivity index is 1.92. The van der Waals surface area contributed by atoms with Gasteiger partial charge in [-0.05, 0) is 20.8 Å². The number of nitrogens with zero attached hydrogens (tertiary/aromatic N) is 4. The molecular formula is C14H24N4+2. The highest BCUT2D eigenvalue weighted by atomic mass is 15.1. The molecule has 0 aliphatic carbocycles. The van der Waals surface area contributed by atoms with Crippen LogP contribution in [-0.2, 0) is 13.6 Å². The molecule has 0 aromatic carbocycles. The van der Waals surface area contributed by atoms with Crippen molar-refractivity contribution in [1.29, 1.82) is 0 Å². The zero-order valence-corrected chi connectivity index (χ0v) is 11.8. The van der Waals surface area contributed by atoms with Crippen molar-refractivity contribution in [3.8, 4) is 0 Å². The van der Waals surface area contributed by atoms with Gasteiger partial charge in [0.2, 0.25) is 12.7 Å². The third-order valence-electron chi connectivity index (χ3n) is 3.41. The summed E-state index contributed by atoms with van der Waals surface area (Å²) in [4.78, 5) is 0. The van der Waals surface area contributed by atoms with Crippen LogP contribution in [0, 0.1) is 0 Å². The molecule has 1 unspecified atom stereocenters. The molecule has 98 valence electrons. The summed E-state index contributed by atoms with van der Waals surface area (Å²) in [6.07, 6.45) is 14.0. The fraction of sp³-hybridized carbons (Fsp3) is 0.571. The summed E-state index contributed by atoms with van der Waals surface area (Å²) < 4.78 is 8.85. The third kappa shape index (κ3) is 3.00. The van der Waals surface area contributed by atoms with E-state index in [-0.39, 0.29) is 0 Å². The number of imidazole rings is 2. The molecule has 0 fully saturated rings. The van der Waals surface area contributed by atoms with Gasteiger partial charge in [0, 0.05) is 6.42 Å². The summed E-state index contributed by atoms with van der Waals surface area (Å²) in [5.74, 6) is 0. The molecule has 0 amide bonds. The Morgan fingerprint density at radius 1 is 1.06 bits per heavy atom. The molecular weight excluding hydrogens is 224 g/mol. The minimum Gasteiger partial charge on any atom is -0.240 e. The zero-order chi connectivity index (χ0) is 13.1. The molecule has 1 atom stereocenters. The van der Waals surface area contributed by atoms with E-state index in [1.165, 1.54) is 0 Å². The second-order valence-electron chi connectivity index (χ2n) is 5.36. The summed E-state index contributed by atoms with van der Waals surface area (Å²) in [5.41, 5.74) is 0. The van der Waals surface area contributed by atoms with Gasteiger partial charge in [-0.3, -0.25) is 0 Å². The van der Waals surface area contributed by atoms with E-state index in [1.54, 1.807) is 0 Å². The number of aryl methyl sites for hydroxylation is 2. The Hall–Kier alpha value is -1.58. The van der Waals surface area contributed by atoms with Crippen LogP contribution < -0.4 is 9.13 Å². The van der Waals surface area contributed by atoms with Crippen molar-refractivity contribution < 1.29 is 9.13 Å². The molecule has 18 heavy (non-hydrogen) atoms. The van der Waals surface area contributed by atoms with Crippen LogP contribution >= 0.6 is 0 Å². The van der Waals surface area contributed by atoms with Crippen molar-refractivity contribution in [3.05, 3.63) is 37.4 Å². The molecule has 2 heterocycles. The first-order chi connectivity index (χ1) is 8.56.